The van der Waals surface area contributed by atoms with Crippen molar-refractivity contribution in [3.63, 3.8) is 0 Å². The lowest BCUT2D eigenvalue weighted by atomic mass is 9.96. The molecule has 0 saturated carbocycles. The van der Waals surface area contributed by atoms with Crippen molar-refractivity contribution in [1.29, 1.82) is 0 Å². The molecule has 1 fully saturated rings. The fraction of sp³-hybridized carbons (Fsp3) is 0.200. The third-order valence-corrected chi connectivity index (χ3v) is 6.44. The number of anilines is 1. The monoisotopic (exact) mass is 417 g/mol. The molecule has 2 heterocycles. The number of hydrogen-bond acceptors (Lipinski definition) is 4. The molecule has 152 valence electrons. The van der Waals surface area contributed by atoms with E-state index in [1.807, 2.05) is 81.6 Å². The Morgan fingerprint density at radius 2 is 1.63 bits per heavy atom. The van der Waals surface area contributed by atoms with Crippen LogP contribution in [0.2, 0.25) is 0 Å². The number of carbonyl (C=O) groups is 2. The van der Waals surface area contributed by atoms with Gasteiger partial charge in [-0.05, 0) is 62.4 Å². The molecule has 1 aliphatic heterocycles. The maximum Gasteiger partial charge on any atom is 0.300 e. The van der Waals surface area contributed by atoms with E-state index in [0.29, 0.717) is 11.3 Å². The summed E-state index contributed by atoms with van der Waals surface area (Å²) in [5.74, 6) is -1.40. The SMILES string of the molecule is Cc1ccc(N2C(=O)C(=O)/C(=C(\O)c3cc(C)ccc3C)C2c2cccs2)c(C)c1. The molecule has 1 aliphatic rings. The first-order valence-electron chi connectivity index (χ1n) is 9.79. The minimum atomic E-state index is -0.661. The van der Waals surface area contributed by atoms with Gasteiger partial charge in [0.2, 0.25) is 0 Å². The molecule has 2 aromatic carbocycles. The molecule has 1 atom stereocenters. The molecule has 0 aliphatic carbocycles. The van der Waals surface area contributed by atoms with E-state index < -0.39 is 17.7 Å². The van der Waals surface area contributed by atoms with E-state index in [2.05, 4.69) is 0 Å². The zero-order valence-electron chi connectivity index (χ0n) is 17.4. The Labute approximate surface area is 180 Å². The van der Waals surface area contributed by atoms with Crippen LogP contribution in [0.25, 0.3) is 5.76 Å². The van der Waals surface area contributed by atoms with Crippen LogP contribution in [0.4, 0.5) is 5.69 Å². The number of amides is 1. The summed E-state index contributed by atoms with van der Waals surface area (Å²) in [7, 11) is 0. The fourth-order valence-electron chi connectivity index (χ4n) is 4.01. The molecule has 0 radical (unpaired) electrons. The zero-order chi connectivity index (χ0) is 21.6. The Bertz CT molecular complexity index is 1190. The van der Waals surface area contributed by atoms with Crippen molar-refractivity contribution in [1.82, 2.24) is 0 Å². The third kappa shape index (κ3) is 3.25. The highest BCUT2D eigenvalue weighted by Gasteiger charge is 2.47. The number of hydrogen-bond donors (Lipinski definition) is 1. The van der Waals surface area contributed by atoms with Gasteiger partial charge >= 0.3 is 0 Å². The van der Waals surface area contributed by atoms with Crippen LogP contribution in [0.5, 0.6) is 0 Å². The van der Waals surface area contributed by atoms with Crippen molar-refractivity contribution in [2.75, 3.05) is 4.90 Å². The summed E-state index contributed by atoms with van der Waals surface area (Å²) in [5, 5.41) is 13.2. The number of nitrogens with zero attached hydrogens (tertiary/aromatic N) is 1. The van der Waals surface area contributed by atoms with Crippen LogP contribution < -0.4 is 4.90 Å². The largest absolute Gasteiger partial charge is 0.507 e. The molecular weight excluding hydrogens is 394 g/mol. The summed E-state index contributed by atoms with van der Waals surface area (Å²) in [6.07, 6.45) is 0. The van der Waals surface area contributed by atoms with E-state index in [4.69, 9.17) is 0 Å². The van der Waals surface area contributed by atoms with Gasteiger partial charge in [-0.3, -0.25) is 14.5 Å². The lowest BCUT2D eigenvalue weighted by Crippen LogP contribution is -2.29. The van der Waals surface area contributed by atoms with Gasteiger partial charge < -0.3 is 5.11 Å². The number of aryl methyl sites for hydroxylation is 4. The van der Waals surface area contributed by atoms with Gasteiger partial charge in [-0.25, -0.2) is 0 Å². The van der Waals surface area contributed by atoms with Crippen LogP contribution in [-0.2, 0) is 9.59 Å². The van der Waals surface area contributed by atoms with E-state index in [-0.39, 0.29) is 11.3 Å². The first kappa shape index (κ1) is 20.1. The molecule has 0 spiro atoms. The maximum atomic E-state index is 13.2. The van der Waals surface area contributed by atoms with E-state index in [1.165, 1.54) is 16.2 Å². The number of ketones is 1. The van der Waals surface area contributed by atoms with Gasteiger partial charge in [0.05, 0.1) is 5.57 Å². The number of aliphatic hydroxyl groups is 1. The molecule has 1 unspecified atom stereocenters. The third-order valence-electron chi connectivity index (χ3n) is 5.52. The predicted molar refractivity (Wildman–Crippen MR) is 121 cm³/mol. The van der Waals surface area contributed by atoms with Gasteiger partial charge in [0, 0.05) is 16.1 Å². The van der Waals surface area contributed by atoms with Crippen molar-refractivity contribution < 1.29 is 14.7 Å². The topological polar surface area (TPSA) is 57.6 Å². The van der Waals surface area contributed by atoms with Crippen molar-refractivity contribution in [2.45, 2.75) is 33.7 Å². The summed E-state index contributed by atoms with van der Waals surface area (Å²) < 4.78 is 0. The van der Waals surface area contributed by atoms with Crippen LogP contribution in [0.3, 0.4) is 0 Å². The Hall–Kier alpha value is -3.18. The first-order chi connectivity index (χ1) is 14.3. The molecule has 4 rings (SSSR count). The second kappa shape index (κ2) is 7.58. The Balaban J connectivity index is 1.98. The second-order valence-electron chi connectivity index (χ2n) is 7.79. The Morgan fingerprint density at radius 3 is 2.30 bits per heavy atom. The minimum absolute atomic E-state index is 0.125. The molecule has 0 bridgehead atoms. The van der Waals surface area contributed by atoms with Gasteiger partial charge in [-0.2, -0.15) is 0 Å². The van der Waals surface area contributed by atoms with E-state index in [0.717, 1.165) is 27.1 Å². The number of aliphatic hydroxyl groups excluding tert-OH is 1. The number of benzene rings is 2. The zero-order valence-corrected chi connectivity index (χ0v) is 18.2. The molecular formula is C25H23NO3S. The van der Waals surface area contributed by atoms with Crippen LogP contribution in [0, 0.1) is 27.7 Å². The van der Waals surface area contributed by atoms with Crippen molar-refractivity contribution >= 4 is 34.5 Å². The van der Waals surface area contributed by atoms with E-state index in [1.54, 1.807) is 0 Å². The fourth-order valence-corrected chi connectivity index (χ4v) is 4.83. The van der Waals surface area contributed by atoms with Crippen molar-refractivity contribution in [3.8, 4) is 0 Å². The highest BCUT2D eigenvalue weighted by atomic mass is 32.1. The molecule has 3 aromatic rings. The molecule has 1 aromatic heterocycles. The lowest BCUT2D eigenvalue weighted by molar-refractivity contribution is -0.132. The number of thiophene rings is 1. The standard InChI is InChI=1S/C25H23NO3S/c1-14-8-10-19(17(4)12-14)26-22(20-6-5-11-30-20)21(24(28)25(26)29)23(27)18-13-15(2)7-9-16(18)3/h5-13,22,27H,1-4H3/b23-21-. The average Bonchev–Trinajstić information content (AvgIpc) is 3.31. The number of Topliss-reactive ketones (excluding diaryl/α,β-unsaturated/α-hetero) is 1. The molecule has 1 N–H and O–H groups in total. The minimum Gasteiger partial charge on any atom is -0.507 e. The molecule has 5 heteroatoms. The van der Waals surface area contributed by atoms with E-state index >= 15 is 0 Å². The average molecular weight is 418 g/mol. The second-order valence-corrected chi connectivity index (χ2v) is 8.77. The molecule has 4 nitrogen and oxygen atoms in total. The summed E-state index contributed by atoms with van der Waals surface area (Å²) in [4.78, 5) is 28.7. The number of carbonyl (C=O) groups excluding carboxylic acids is 2. The summed E-state index contributed by atoms with van der Waals surface area (Å²) in [5.41, 5.74) is 5.20. The lowest BCUT2D eigenvalue weighted by Gasteiger charge is -2.26. The normalized spacial score (nSPS) is 18.3. The van der Waals surface area contributed by atoms with Crippen LogP contribution in [0.15, 0.2) is 59.5 Å². The van der Waals surface area contributed by atoms with Gasteiger partial charge in [0.15, 0.2) is 0 Å². The molecule has 1 amide bonds. The quantitative estimate of drug-likeness (QED) is 0.342. The van der Waals surface area contributed by atoms with Crippen LogP contribution in [-0.4, -0.2) is 16.8 Å². The van der Waals surface area contributed by atoms with E-state index in [9.17, 15) is 14.7 Å². The Morgan fingerprint density at radius 1 is 0.933 bits per heavy atom. The molecule has 1 saturated heterocycles. The van der Waals surface area contributed by atoms with Crippen molar-refractivity contribution in [3.05, 3.63) is 92.2 Å². The number of rotatable bonds is 3. The first-order valence-corrected chi connectivity index (χ1v) is 10.7. The van der Waals surface area contributed by atoms with Crippen LogP contribution >= 0.6 is 11.3 Å². The summed E-state index contributed by atoms with van der Waals surface area (Å²) >= 11 is 1.46. The maximum absolute atomic E-state index is 13.2. The summed E-state index contributed by atoms with van der Waals surface area (Å²) in [6, 6.07) is 14.6. The van der Waals surface area contributed by atoms with Crippen molar-refractivity contribution in [2.24, 2.45) is 0 Å². The predicted octanol–water partition coefficient (Wildman–Crippen LogP) is 5.61. The van der Waals surface area contributed by atoms with Gasteiger partial charge in [-0.1, -0.05) is 41.5 Å². The van der Waals surface area contributed by atoms with Crippen LogP contribution in [0.1, 0.15) is 38.7 Å². The summed E-state index contributed by atoms with van der Waals surface area (Å²) in [6.45, 7) is 7.73. The smallest absolute Gasteiger partial charge is 0.300 e. The van der Waals surface area contributed by atoms with Gasteiger partial charge in [-0.15, -0.1) is 11.3 Å². The highest BCUT2D eigenvalue weighted by Crippen LogP contribution is 2.44. The van der Waals surface area contributed by atoms with Gasteiger partial charge in [0.1, 0.15) is 11.8 Å². The Kier molecular flexibility index (Phi) is 5.08. The van der Waals surface area contributed by atoms with Gasteiger partial charge in [0.25, 0.3) is 11.7 Å². The molecule has 30 heavy (non-hydrogen) atoms. The highest BCUT2D eigenvalue weighted by molar-refractivity contribution is 7.10.